The molecule has 1 fully saturated rings. The molecule has 2 atom stereocenters. The summed E-state index contributed by atoms with van der Waals surface area (Å²) in [5, 5.41) is 0. The first-order chi connectivity index (χ1) is 11.6. The van der Waals surface area contributed by atoms with Gasteiger partial charge in [-0.25, -0.2) is 0 Å². The molecule has 1 aliphatic heterocycles. The van der Waals surface area contributed by atoms with Crippen molar-refractivity contribution in [3.05, 3.63) is 23.8 Å². The molecule has 0 spiro atoms. The number of carbonyl (C=O) groups is 1. The molecule has 142 valence electrons. The van der Waals surface area contributed by atoms with E-state index >= 15 is 0 Å². The number of rotatable bonds is 7. The van der Waals surface area contributed by atoms with Gasteiger partial charge in [-0.3, -0.25) is 4.79 Å². The molecule has 25 heavy (non-hydrogen) atoms. The summed E-state index contributed by atoms with van der Waals surface area (Å²) < 4.78 is 11.1. The third kappa shape index (κ3) is 5.79. The van der Waals surface area contributed by atoms with Crippen molar-refractivity contribution < 1.29 is 14.3 Å². The van der Waals surface area contributed by atoms with Gasteiger partial charge in [0.2, 0.25) is 0 Å². The number of methoxy groups -OCH3 is 1. The second kappa shape index (κ2) is 10.5. The molecule has 2 N–H and O–H groups in total. The van der Waals surface area contributed by atoms with Gasteiger partial charge in [0.25, 0.3) is 5.91 Å². The van der Waals surface area contributed by atoms with Gasteiger partial charge in [0.05, 0.1) is 13.7 Å². The molecular formula is C19H31ClN2O3. The fourth-order valence-electron chi connectivity index (χ4n) is 3.05. The number of unbranched alkanes of at least 4 members (excludes halogenated alkanes) is 1. The fraction of sp³-hybridized carbons (Fsp3) is 0.632. The van der Waals surface area contributed by atoms with E-state index in [1.807, 2.05) is 24.0 Å². The Bertz CT molecular complexity index is 551. The molecular weight excluding hydrogens is 340 g/mol. The molecule has 2 unspecified atom stereocenters. The maximum absolute atomic E-state index is 12.8. The van der Waals surface area contributed by atoms with Crippen molar-refractivity contribution in [3.8, 4) is 11.5 Å². The number of nitrogens with two attached hydrogens (primary N) is 1. The molecule has 0 bridgehead atoms. The van der Waals surface area contributed by atoms with Gasteiger partial charge in [0.15, 0.2) is 11.5 Å². The van der Waals surface area contributed by atoms with E-state index in [1.165, 1.54) is 0 Å². The Hall–Kier alpha value is -1.46. The van der Waals surface area contributed by atoms with E-state index < -0.39 is 0 Å². The third-order valence-electron chi connectivity index (χ3n) is 4.65. The van der Waals surface area contributed by atoms with E-state index in [-0.39, 0.29) is 24.4 Å². The number of amides is 1. The van der Waals surface area contributed by atoms with Crippen LogP contribution < -0.4 is 15.2 Å². The summed E-state index contributed by atoms with van der Waals surface area (Å²) in [6.07, 6.45) is 4.17. The Morgan fingerprint density at radius 1 is 1.40 bits per heavy atom. The largest absolute Gasteiger partial charge is 0.493 e. The maximum Gasteiger partial charge on any atom is 0.254 e. The molecule has 1 amide bonds. The van der Waals surface area contributed by atoms with Gasteiger partial charge in [-0.05, 0) is 50.3 Å². The number of halogens is 1. The SMILES string of the molecule is CCCCOc1ccc(C(=O)N2CCCC(C(C)N)C2)cc1OC.Cl. The van der Waals surface area contributed by atoms with Crippen LogP contribution in [0.4, 0.5) is 0 Å². The summed E-state index contributed by atoms with van der Waals surface area (Å²) in [5.41, 5.74) is 6.66. The highest BCUT2D eigenvalue weighted by Gasteiger charge is 2.27. The molecule has 1 aromatic rings. The Labute approximate surface area is 157 Å². The standard InChI is InChI=1S/C19H30N2O3.ClH/c1-4-5-11-24-17-9-8-15(12-18(17)23-3)19(22)21-10-6-7-16(13-21)14(2)20;/h8-9,12,14,16H,4-7,10-11,13,20H2,1-3H3;1H. The van der Waals surface area contributed by atoms with Gasteiger partial charge in [0, 0.05) is 24.7 Å². The zero-order chi connectivity index (χ0) is 17.5. The van der Waals surface area contributed by atoms with Crippen LogP contribution in [0.15, 0.2) is 18.2 Å². The summed E-state index contributed by atoms with van der Waals surface area (Å²) in [6.45, 7) is 6.32. The molecule has 1 saturated heterocycles. The number of ether oxygens (including phenoxy) is 2. The lowest BCUT2D eigenvalue weighted by atomic mass is 9.92. The van der Waals surface area contributed by atoms with Gasteiger partial charge >= 0.3 is 0 Å². The van der Waals surface area contributed by atoms with Crippen LogP contribution in [0.25, 0.3) is 0 Å². The monoisotopic (exact) mass is 370 g/mol. The van der Waals surface area contributed by atoms with Gasteiger partial charge in [0.1, 0.15) is 0 Å². The van der Waals surface area contributed by atoms with Crippen LogP contribution >= 0.6 is 12.4 Å². The van der Waals surface area contributed by atoms with Gasteiger partial charge in [-0.15, -0.1) is 12.4 Å². The minimum atomic E-state index is 0. The van der Waals surface area contributed by atoms with E-state index in [0.717, 1.165) is 38.8 Å². The fourth-order valence-corrected chi connectivity index (χ4v) is 3.05. The van der Waals surface area contributed by atoms with Crippen LogP contribution in [0, 0.1) is 5.92 Å². The van der Waals surface area contributed by atoms with Gasteiger partial charge < -0.3 is 20.1 Å². The smallest absolute Gasteiger partial charge is 0.254 e. The Morgan fingerprint density at radius 2 is 2.16 bits per heavy atom. The average Bonchev–Trinajstić information content (AvgIpc) is 2.61. The number of hydrogen-bond donors (Lipinski definition) is 1. The van der Waals surface area contributed by atoms with E-state index in [2.05, 4.69) is 6.92 Å². The Morgan fingerprint density at radius 3 is 2.80 bits per heavy atom. The molecule has 1 heterocycles. The molecule has 0 saturated carbocycles. The van der Waals surface area contributed by atoms with E-state index in [9.17, 15) is 4.79 Å². The van der Waals surface area contributed by atoms with Crippen LogP contribution in [-0.4, -0.2) is 43.7 Å². The van der Waals surface area contributed by atoms with Crippen molar-refractivity contribution in [2.24, 2.45) is 11.7 Å². The third-order valence-corrected chi connectivity index (χ3v) is 4.65. The molecule has 1 aliphatic rings. The first-order valence-corrected chi connectivity index (χ1v) is 8.92. The zero-order valence-corrected chi connectivity index (χ0v) is 16.3. The van der Waals surface area contributed by atoms with Crippen molar-refractivity contribution in [1.29, 1.82) is 0 Å². The van der Waals surface area contributed by atoms with E-state index in [0.29, 0.717) is 29.6 Å². The summed E-state index contributed by atoms with van der Waals surface area (Å²) in [6, 6.07) is 5.54. The predicted molar refractivity (Wildman–Crippen MR) is 103 cm³/mol. The lowest BCUT2D eigenvalue weighted by Crippen LogP contribution is -2.45. The highest BCUT2D eigenvalue weighted by molar-refractivity contribution is 5.95. The van der Waals surface area contributed by atoms with Crippen LogP contribution in [-0.2, 0) is 0 Å². The first-order valence-electron chi connectivity index (χ1n) is 8.92. The number of likely N-dealkylation sites (tertiary alicyclic amines) is 1. The number of carbonyl (C=O) groups excluding carboxylic acids is 1. The molecule has 5 nitrogen and oxygen atoms in total. The van der Waals surface area contributed by atoms with Gasteiger partial charge in [-0.1, -0.05) is 13.3 Å². The predicted octanol–water partition coefficient (Wildman–Crippen LogP) is 3.50. The van der Waals surface area contributed by atoms with Crippen molar-refractivity contribution >= 4 is 18.3 Å². The molecule has 0 radical (unpaired) electrons. The molecule has 0 aromatic heterocycles. The minimum Gasteiger partial charge on any atom is -0.493 e. The van der Waals surface area contributed by atoms with Crippen molar-refractivity contribution in [2.75, 3.05) is 26.8 Å². The van der Waals surface area contributed by atoms with Crippen LogP contribution in [0.3, 0.4) is 0 Å². The number of nitrogens with zero attached hydrogens (tertiary/aromatic N) is 1. The topological polar surface area (TPSA) is 64.8 Å². The maximum atomic E-state index is 12.8. The average molecular weight is 371 g/mol. The second-order valence-corrected chi connectivity index (χ2v) is 6.58. The highest BCUT2D eigenvalue weighted by Crippen LogP contribution is 2.29. The van der Waals surface area contributed by atoms with Crippen molar-refractivity contribution in [3.63, 3.8) is 0 Å². The van der Waals surface area contributed by atoms with Crippen molar-refractivity contribution in [2.45, 2.75) is 45.6 Å². The Balaban J connectivity index is 0.00000312. The molecule has 0 aliphatic carbocycles. The summed E-state index contributed by atoms with van der Waals surface area (Å²) in [4.78, 5) is 14.7. The molecule has 6 heteroatoms. The van der Waals surface area contributed by atoms with Crippen molar-refractivity contribution in [1.82, 2.24) is 4.90 Å². The highest BCUT2D eigenvalue weighted by atomic mass is 35.5. The normalized spacial score (nSPS) is 18.2. The zero-order valence-electron chi connectivity index (χ0n) is 15.5. The number of piperidine rings is 1. The first kappa shape index (κ1) is 21.6. The van der Waals surface area contributed by atoms with Crippen LogP contribution in [0.5, 0.6) is 11.5 Å². The van der Waals surface area contributed by atoms with E-state index in [1.54, 1.807) is 13.2 Å². The lowest BCUT2D eigenvalue weighted by molar-refractivity contribution is 0.0660. The molecule has 1 aromatic carbocycles. The summed E-state index contributed by atoms with van der Waals surface area (Å²) in [7, 11) is 1.60. The summed E-state index contributed by atoms with van der Waals surface area (Å²) >= 11 is 0. The second-order valence-electron chi connectivity index (χ2n) is 6.58. The lowest BCUT2D eigenvalue weighted by Gasteiger charge is -2.34. The minimum absolute atomic E-state index is 0. The molecule has 2 rings (SSSR count). The number of hydrogen-bond acceptors (Lipinski definition) is 4. The number of benzene rings is 1. The van der Waals surface area contributed by atoms with E-state index in [4.69, 9.17) is 15.2 Å². The Kier molecular flexibility index (Phi) is 9.08. The van der Waals surface area contributed by atoms with Crippen LogP contribution in [0.2, 0.25) is 0 Å². The van der Waals surface area contributed by atoms with Crippen LogP contribution in [0.1, 0.15) is 49.9 Å². The summed E-state index contributed by atoms with van der Waals surface area (Å²) in [5.74, 6) is 1.72. The van der Waals surface area contributed by atoms with Gasteiger partial charge in [-0.2, -0.15) is 0 Å². The quantitative estimate of drug-likeness (QED) is 0.746.